The number of likely N-dealkylation sites (N-methyl/N-ethyl adjacent to an activating group) is 1. The van der Waals surface area contributed by atoms with Crippen molar-refractivity contribution in [3.63, 3.8) is 0 Å². The average molecular weight is 243 g/mol. The lowest BCUT2D eigenvalue weighted by Crippen LogP contribution is -2.51. The van der Waals surface area contributed by atoms with Crippen LogP contribution in [-0.2, 0) is 9.59 Å². The molecule has 0 saturated carbocycles. The molecule has 3 amide bonds. The van der Waals surface area contributed by atoms with E-state index < -0.39 is 24.1 Å². The first kappa shape index (κ1) is 13.3. The first-order valence-electron chi connectivity index (χ1n) is 5.49. The quantitative estimate of drug-likeness (QED) is 0.615. The van der Waals surface area contributed by atoms with Gasteiger partial charge in [0.2, 0.25) is 5.91 Å². The number of aliphatic carboxylic acids is 1. The van der Waals surface area contributed by atoms with E-state index >= 15 is 0 Å². The Bertz CT molecular complexity index is 332. The zero-order valence-corrected chi connectivity index (χ0v) is 9.90. The van der Waals surface area contributed by atoms with Crippen molar-refractivity contribution in [1.29, 1.82) is 0 Å². The van der Waals surface area contributed by atoms with Crippen LogP contribution in [0.2, 0.25) is 0 Å². The molecule has 1 unspecified atom stereocenters. The molecule has 96 valence electrons. The second-order valence-electron chi connectivity index (χ2n) is 3.98. The number of nitrogens with zero attached hydrogens (tertiary/aromatic N) is 1. The molecule has 1 rings (SSSR count). The Balaban J connectivity index is 2.58. The van der Waals surface area contributed by atoms with Gasteiger partial charge in [0.15, 0.2) is 0 Å². The molecule has 1 heterocycles. The molecule has 1 aliphatic rings. The summed E-state index contributed by atoms with van der Waals surface area (Å²) in [4.78, 5) is 35.1. The van der Waals surface area contributed by atoms with Gasteiger partial charge in [-0.1, -0.05) is 0 Å². The number of carbonyl (C=O) groups is 3. The Hall–Kier alpha value is -1.79. The van der Waals surface area contributed by atoms with Crippen molar-refractivity contribution in [2.45, 2.75) is 31.8 Å². The van der Waals surface area contributed by atoms with Crippen LogP contribution in [0.25, 0.3) is 0 Å². The maximum absolute atomic E-state index is 11.8. The second kappa shape index (κ2) is 5.51. The highest BCUT2D eigenvalue weighted by molar-refractivity contribution is 5.88. The first-order valence-corrected chi connectivity index (χ1v) is 5.49. The van der Waals surface area contributed by atoms with E-state index in [1.165, 1.54) is 11.9 Å². The van der Waals surface area contributed by atoms with E-state index in [1.807, 2.05) is 0 Å². The molecular formula is C10H17N3O4. The Morgan fingerprint density at radius 2 is 2.06 bits per heavy atom. The summed E-state index contributed by atoms with van der Waals surface area (Å²) in [6.45, 7) is 1.95. The number of carboxylic acids is 1. The molecule has 1 saturated heterocycles. The number of likely N-dealkylation sites (tertiary alicyclic amines) is 1. The normalized spacial score (nSPS) is 20.8. The summed E-state index contributed by atoms with van der Waals surface area (Å²) in [7, 11) is 1.47. The number of carboxylic acid groups (broad SMARTS) is 1. The van der Waals surface area contributed by atoms with Crippen molar-refractivity contribution in [1.82, 2.24) is 15.5 Å². The van der Waals surface area contributed by atoms with Crippen molar-refractivity contribution >= 4 is 17.9 Å². The van der Waals surface area contributed by atoms with Crippen LogP contribution in [0.15, 0.2) is 0 Å². The van der Waals surface area contributed by atoms with Crippen LogP contribution in [-0.4, -0.2) is 53.6 Å². The van der Waals surface area contributed by atoms with E-state index in [4.69, 9.17) is 5.11 Å². The molecule has 7 nitrogen and oxygen atoms in total. The Morgan fingerprint density at radius 1 is 1.41 bits per heavy atom. The molecule has 0 radical (unpaired) electrons. The molecule has 0 aliphatic carbocycles. The Morgan fingerprint density at radius 3 is 2.59 bits per heavy atom. The molecule has 0 aromatic rings. The smallest absolute Gasteiger partial charge is 0.326 e. The van der Waals surface area contributed by atoms with Crippen molar-refractivity contribution in [2.24, 2.45) is 0 Å². The van der Waals surface area contributed by atoms with Crippen molar-refractivity contribution < 1.29 is 19.5 Å². The molecule has 7 heteroatoms. The molecule has 1 aliphatic heterocycles. The van der Waals surface area contributed by atoms with Gasteiger partial charge in [-0.05, 0) is 19.8 Å². The minimum absolute atomic E-state index is 0.315. The summed E-state index contributed by atoms with van der Waals surface area (Å²) in [5, 5.41) is 13.8. The molecule has 1 fully saturated rings. The topological polar surface area (TPSA) is 98.7 Å². The van der Waals surface area contributed by atoms with Crippen molar-refractivity contribution in [2.75, 3.05) is 13.6 Å². The fourth-order valence-electron chi connectivity index (χ4n) is 1.82. The zero-order valence-electron chi connectivity index (χ0n) is 9.90. The minimum Gasteiger partial charge on any atom is -0.480 e. The van der Waals surface area contributed by atoms with Gasteiger partial charge in [-0.3, -0.25) is 4.79 Å². The first-order chi connectivity index (χ1) is 7.97. The van der Waals surface area contributed by atoms with E-state index in [1.54, 1.807) is 6.92 Å². The molecule has 3 N–H and O–H groups in total. The number of rotatable bonds is 3. The van der Waals surface area contributed by atoms with Gasteiger partial charge >= 0.3 is 12.0 Å². The summed E-state index contributed by atoms with van der Waals surface area (Å²) in [6.07, 6.45) is 1.12. The third kappa shape index (κ3) is 3.08. The predicted molar refractivity (Wildman–Crippen MR) is 59.4 cm³/mol. The highest BCUT2D eigenvalue weighted by Crippen LogP contribution is 2.17. The zero-order chi connectivity index (χ0) is 13.0. The number of hydrogen-bond donors (Lipinski definition) is 3. The maximum atomic E-state index is 11.8. The number of carbonyl (C=O) groups excluding carboxylic acids is 2. The fraction of sp³-hybridized carbons (Fsp3) is 0.700. The SMILES string of the molecule is CNC(=O)C(C)NC(=O)N1CCC[C@H]1C(=O)O. The van der Waals surface area contributed by atoms with Crippen LogP contribution in [0, 0.1) is 0 Å². The molecule has 0 aromatic carbocycles. The van der Waals surface area contributed by atoms with Gasteiger partial charge in [0.1, 0.15) is 12.1 Å². The maximum Gasteiger partial charge on any atom is 0.326 e. The number of urea groups is 1. The largest absolute Gasteiger partial charge is 0.480 e. The lowest BCUT2D eigenvalue weighted by Gasteiger charge is -2.23. The highest BCUT2D eigenvalue weighted by Gasteiger charge is 2.34. The van der Waals surface area contributed by atoms with Crippen LogP contribution in [0.5, 0.6) is 0 Å². The van der Waals surface area contributed by atoms with Gasteiger partial charge < -0.3 is 20.6 Å². The summed E-state index contributed by atoms with van der Waals surface area (Å²) < 4.78 is 0. The molecule has 0 bridgehead atoms. The Kier molecular flexibility index (Phi) is 4.30. The standard InChI is InChI=1S/C10H17N3O4/c1-6(8(14)11-2)12-10(17)13-5-3-4-7(13)9(15)16/h6-7H,3-5H2,1-2H3,(H,11,14)(H,12,17)(H,15,16)/t6?,7-/m0/s1. The van der Waals surface area contributed by atoms with Gasteiger partial charge in [0.05, 0.1) is 0 Å². The van der Waals surface area contributed by atoms with E-state index in [0.717, 1.165) is 0 Å². The Labute approximate surface area is 99.2 Å². The van der Waals surface area contributed by atoms with E-state index in [2.05, 4.69) is 10.6 Å². The third-order valence-corrected chi connectivity index (χ3v) is 2.78. The van der Waals surface area contributed by atoms with Crippen LogP contribution < -0.4 is 10.6 Å². The lowest BCUT2D eigenvalue weighted by atomic mass is 10.2. The molecule has 0 spiro atoms. The summed E-state index contributed by atoms with van der Waals surface area (Å²) in [5.74, 6) is -1.32. The van der Waals surface area contributed by atoms with E-state index in [-0.39, 0.29) is 5.91 Å². The monoisotopic (exact) mass is 243 g/mol. The third-order valence-electron chi connectivity index (χ3n) is 2.78. The van der Waals surface area contributed by atoms with Gasteiger partial charge in [-0.15, -0.1) is 0 Å². The molecule has 2 atom stereocenters. The van der Waals surface area contributed by atoms with Crippen molar-refractivity contribution in [3.8, 4) is 0 Å². The number of hydrogen-bond acceptors (Lipinski definition) is 3. The van der Waals surface area contributed by atoms with Crippen molar-refractivity contribution in [3.05, 3.63) is 0 Å². The lowest BCUT2D eigenvalue weighted by molar-refractivity contribution is -0.141. The van der Waals surface area contributed by atoms with Gasteiger partial charge in [-0.25, -0.2) is 9.59 Å². The minimum atomic E-state index is -1.01. The van der Waals surface area contributed by atoms with E-state index in [0.29, 0.717) is 19.4 Å². The highest BCUT2D eigenvalue weighted by atomic mass is 16.4. The van der Waals surface area contributed by atoms with Crippen LogP contribution in [0.4, 0.5) is 4.79 Å². The molecular weight excluding hydrogens is 226 g/mol. The van der Waals surface area contributed by atoms with Crippen LogP contribution >= 0.6 is 0 Å². The van der Waals surface area contributed by atoms with E-state index in [9.17, 15) is 14.4 Å². The fourth-order valence-corrected chi connectivity index (χ4v) is 1.82. The number of nitrogens with one attached hydrogen (secondary N) is 2. The second-order valence-corrected chi connectivity index (χ2v) is 3.98. The summed E-state index contributed by atoms with van der Waals surface area (Å²) >= 11 is 0. The molecule has 0 aromatic heterocycles. The summed E-state index contributed by atoms with van der Waals surface area (Å²) in [5.41, 5.74) is 0. The summed E-state index contributed by atoms with van der Waals surface area (Å²) in [6, 6.07) is -1.97. The van der Waals surface area contributed by atoms with Crippen LogP contribution in [0.3, 0.4) is 0 Å². The van der Waals surface area contributed by atoms with Crippen LogP contribution in [0.1, 0.15) is 19.8 Å². The predicted octanol–water partition coefficient (Wildman–Crippen LogP) is -0.620. The average Bonchev–Trinajstić information content (AvgIpc) is 2.76. The van der Waals surface area contributed by atoms with Gasteiger partial charge in [-0.2, -0.15) is 0 Å². The number of amides is 3. The molecule has 17 heavy (non-hydrogen) atoms. The van der Waals surface area contributed by atoms with Gasteiger partial charge in [0, 0.05) is 13.6 Å². The van der Waals surface area contributed by atoms with Gasteiger partial charge in [0.25, 0.3) is 0 Å².